The van der Waals surface area contributed by atoms with E-state index in [4.69, 9.17) is 0 Å². The first-order valence-corrected chi connectivity index (χ1v) is 16.5. The first-order valence-electron chi connectivity index (χ1n) is 16.5. The lowest BCUT2D eigenvalue weighted by atomic mass is 10.0. The van der Waals surface area contributed by atoms with Gasteiger partial charge in [0, 0.05) is 92.1 Å². The Kier molecular flexibility index (Phi) is 8.31. The summed E-state index contributed by atoms with van der Waals surface area (Å²) in [6, 6.07) is 12.8. The van der Waals surface area contributed by atoms with Crippen molar-refractivity contribution in [2.45, 2.75) is 77.2 Å². The molecule has 0 radical (unpaired) electrons. The summed E-state index contributed by atoms with van der Waals surface area (Å²) in [5, 5.41) is 3.81. The van der Waals surface area contributed by atoms with E-state index >= 15 is 4.39 Å². The third-order valence-electron chi connectivity index (χ3n) is 9.95. The molecule has 1 aromatic carbocycles. The molecular weight excluding hydrogens is 565 g/mol. The summed E-state index contributed by atoms with van der Waals surface area (Å²) < 4.78 is 18.0. The summed E-state index contributed by atoms with van der Waals surface area (Å²) in [6.07, 6.45) is 11.2. The highest BCUT2D eigenvalue weighted by Crippen LogP contribution is 2.39. The van der Waals surface area contributed by atoms with Gasteiger partial charge in [0.1, 0.15) is 5.82 Å². The fourth-order valence-electron chi connectivity index (χ4n) is 7.24. The molecule has 2 aliphatic heterocycles. The Morgan fingerprint density at radius 3 is 2.56 bits per heavy atom. The van der Waals surface area contributed by atoms with Crippen molar-refractivity contribution in [1.29, 1.82) is 0 Å². The standard InChI is InChI=1S/C36H44FN7O/c1-24-6-7-30(18-40-24)41-13-4-5-31(23-41)43(19-26-10-12-39-25(2)15-26)20-27-21-44(29-8-9-29)34-17-35(33(37)16-32(34)36(27)45)42-14-11-28(22-42)38-3/h6-7,10,12,15-18,21,28-29,31,38H,4-5,8-9,11,13-14,19-20,22-23H2,1-3H3/t28?,31-/m0/s1. The predicted octanol–water partition coefficient (Wildman–Crippen LogP) is 5.35. The highest BCUT2D eigenvalue weighted by molar-refractivity contribution is 5.84. The van der Waals surface area contributed by atoms with E-state index in [-0.39, 0.29) is 17.3 Å². The molecule has 9 heteroatoms. The smallest absolute Gasteiger partial charge is 0.193 e. The van der Waals surface area contributed by atoms with Crippen LogP contribution < -0.4 is 20.5 Å². The van der Waals surface area contributed by atoms with Gasteiger partial charge in [-0.15, -0.1) is 0 Å². The van der Waals surface area contributed by atoms with Crippen LogP contribution in [0.5, 0.6) is 0 Å². The molecule has 5 heterocycles. The van der Waals surface area contributed by atoms with E-state index in [1.54, 1.807) is 0 Å². The number of halogens is 1. The van der Waals surface area contributed by atoms with Crippen molar-refractivity contribution in [1.82, 2.24) is 24.8 Å². The largest absolute Gasteiger partial charge is 0.369 e. The number of nitrogens with one attached hydrogen (secondary N) is 1. The minimum Gasteiger partial charge on any atom is -0.369 e. The second kappa shape index (κ2) is 12.5. The van der Waals surface area contributed by atoms with E-state index in [0.29, 0.717) is 36.2 Å². The maximum absolute atomic E-state index is 15.7. The number of aryl methyl sites for hydroxylation is 2. The highest BCUT2D eigenvalue weighted by atomic mass is 19.1. The average molecular weight is 610 g/mol. The maximum Gasteiger partial charge on any atom is 0.193 e. The normalized spacial score (nSPS) is 20.5. The molecule has 7 rings (SSSR count). The van der Waals surface area contributed by atoms with E-state index in [0.717, 1.165) is 86.4 Å². The average Bonchev–Trinajstić information content (AvgIpc) is 3.78. The van der Waals surface area contributed by atoms with E-state index in [2.05, 4.69) is 65.0 Å². The quantitative estimate of drug-likeness (QED) is 0.274. The van der Waals surface area contributed by atoms with Crippen molar-refractivity contribution in [3.63, 3.8) is 0 Å². The molecule has 0 bridgehead atoms. The number of hydrogen-bond donors (Lipinski definition) is 1. The van der Waals surface area contributed by atoms with Crippen LogP contribution in [0.3, 0.4) is 0 Å². The number of anilines is 2. The first kappa shape index (κ1) is 29.9. The Labute approximate surface area is 264 Å². The van der Waals surface area contributed by atoms with Crippen molar-refractivity contribution in [3.8, 4) is 0 Å². The zero-order valence-corrected chi connectivity index (χ0v) is 26.7. The van der Waals surface area contributed by atoms with Crippen molar-refractivity contribution >= 4 is 22.3 Å². The molecule has 2 saturated heterocycles. The summed E-state index contributed by atoms with van der Waals surface area (Å²) in [5.74, 6) is -0.311. The fourth-order valence-corrected chi connectivity index (χ4v) is 7.24. The van der Waals surface area contributed by atoms with E-state index in [1.165, 1.54) is 11.6 Å². The SMILES string of the molecule is CNC1CCN(c2cc3c(cc2F)c(=O)c(CN(Cc2ccnc(C)c2)[C@H]2CCCN(c4ccc(C)nc4)C2)cn3C2CC2)C1. The Balaban J connectivity index is 1.24. The lowest BCUT2D eigenvalue weighted by Crippen LogP contribution is -2.48. The van der Waals surface area contributed by atoms with Gasteiger partial charge < -0.3 is 19.7 Å². The molecule has 1 saturated carbocycles. The van der Waals surface area contributed by atoms with Crippen LogP contribution in [-0.4, -0.2) is 64.7 Å². The molecule has 8 nitrogen and oxygen atoms in total. The summed E-state index contributed by atoms with van der Waals surface area (Å²) in [6.45, 7) is 8.67. The van der Waals surface area contributed by atoms with Gasteiger partial charge in [0.05, 0.1) is 23.1 Å². The predicted molar refractivity (Wildman–Crippen MR) is 179 cm³/mol. The van der Waals surface area contributed by atoms with Crippen LogP contribution in [0, 0.1) is 19.7 Å². The lowest BCUT2D eigenvalue weighted by Gasteiger charge is -2.40. The molecule has 3 fully saturated rings. The summed E-state index contributed by atoms with van der Waals surface area (Å²) in [4.78, 5) is 30.1. The van der Waals surface area contributed by atoms with E-state index < -0.39 is 0 Å². The van der Waals surface area contributed by atoms with E-state index in [1.807, 2.05) is 39.4 Å². The van der Waals surface area contributed by atoms with Crippen LogP contribution in [0.4, 0.5) is 15.8 Å². The van der Waals surface area contributed by atoms with Crippen LogP contribution in [0.15, 0.2) is 59.8 Å². The van der Waals surface area contributed by atoms with Crippen molar-refractivity contribution < 1.29 is 4.39 Å². The number of nitrogens with zero attached hydrogens (tertiary/aromatic N) is 6. The Morgan fingerprint density at radius 1 is 0.956 bits per heavy atom. The summed E-state index contributed by atoms with van der Waals surface area (Å²) in [7, 11) is 1.96. The fraction of sp³-hybridized carbons (Fsp3) is 0.472. The van der Waals surface area contributed by atoms with Crippen molar-refractivity contribution in [2.75, 3.05) is 43.0 Å². The number of aromatic nitrogens is 3. The van der Waals surface area contributed by atoms with Gasteiger partial charge in [-0.1, -0.05) is 0 Å². The lowest BCUT2D eigenvalue weighted by molar-refractivity contribution is 0.158. The van der Waals surface area contributed by atoms with Crippen molar-refractivity contribution in [2.24, 2.45) is 0 Å². The van der Waals surface area contributed by atoms with E-state index in [9.17, 15) is 4.79 Å². The minimum absolute atomic E-state index is 0.0619. The van der Waals surface area contributed by atoms with Gasteiger partial charge in [-0.05, 0) is 95.0 Å². The van der Waals surface area contributed by atoms with Crippen LogP contribution in [0.25, 0.3) is 10.9 Å². The van der Waals surface area contributed by atoms with Gasteiger partial charge in [-0.3, -0.25) is 19.7 Å². The number of likely N-dealkylation sites (N-methyl/N-ethyl adjacent to an activating group) is 1. The van der Waals surface area contributed by atoms with Gasteiger partial charge in [0.2, 0.25) is 0 Å². The Morgan fingerprint density at radius 2 is 1.82 bits per heavy atom. The van der Waals surface area contributed by atoms with Crippen LogP contribution >= 0.6 is 0 Å². The molecule has 3 aromatic heterocycles. The topological polar surface area (TPSA) is 69.5 Å². The molecule has 1 aliphatic carbocycles. The second-order valence-electron chi connectivity index (χ2n) is 13.3. The summed E-state index contributed by atoms with van der Waals surface area (Å²) in [5.41, 5.74) is 6.43. The molecule has 1 N–H and O–H groups in total. The second-order valence-corrected chi connectivity index (χ2v) is 13.3. The summed E-state index contributed by atoms with van der Waals surface area (Å²) >= 11 is 0. The van der Waals surface area contributed by atoms with Gasteiger partial charge in [-0.25, -0.2) is 4.39 Å². The molecule has 4 aromatic rings. The molecule has 0 amide bonds. The zero-order chi connectivity index (χ0) is 31.1. The Bertz CT molecular complexity index is 1730. The van der Waals surface area contributed by atoms with Crippen LogP contribution in [0.1, 0.15) is 60.7 Å². The molecule has 236 valence electrons. The zero-order valence-electron chi connectivity index (χ0n) is 26.7. The number of pyridine rings is 3. The van der Waals surface area contributed by atoms with Gasteiger partial charge >= 0.3 is 0 Å². The third-order valence-corrected chi connectivity index (χ3v) is 9.95. The monoisotopic (exact) mass is 609 g/mol. The molecule has 3 aliphatic rings. The molecule has 0 spiro atoms. The molecule has 45 heavy (non-hydrogen) atoms. The number of fused-ring (bicyclic) bond motifs is 1. The van der Waals surface area contributed by atoms with Crippen molar-refractivity contribution in [3.05, 3.63) is 93.5 Å². The van der Waals surface area contributed by atoms with Crippen LogP contribution in [0.2, 0.25) is 0 Å². The molecular formula is C36H44FN7O. The van der Waals surface area contributed by atoms with Gasteiger partial charge in [0.15, 0.2) is 5.43 Å². The molecule has 2 atom stereocenters. The first-order chi connectivity index (χ1) is 21.9. The number of benzene rings is 1. The number of rotatable bonds is 9. The Hall–Kier alpha value is -3.82. The van der Waals surface area contributed by atoms with Crippen LogP contribution in [-0.2, 0) is 13.1 Å². The number of hydrogen-bond acceptors (Lipinski definition) is 7. The molecule has 1 unspecified atom stereocenters. The highest BCUT2D eigenvalue weighted by Gasteiger charge is 2.31. The third kappa shape index (κ3) is 6.33. The van der Waals surface area contributed by atoms with Gasteiger partial charge in [-0.2, -0.15) is 0 Å². The number of piperidine rings is 1. The van der Waals surface area contributed by atoms with Gasteiger partial charge in [0.25, 0.3) is 0 Å². The minimum atomic E-state index is -0.311. The maximum atomic E-state index is 15.7.